The number of likely N-dealkylation sites (tertiary alicyclic amines) is 2. The summed E-state index contributed by atoms with van der Waals surface area (Å²) in [5.41, 5.74) is 9.00. The number of carbonyl (C=O) groups is 4. The third-order valence-corrected chi connectivity index (χ3v) is 12.9. The molecule has 332 valence electrons. The molecular weight excluding hydrogens is 833 g/mol. The van der Waals surface area contributed by atoms with Crippen LogP contribution in [-0.4, -0.2) is 81.0 Å². The van der Waals surface area contributed by atoms with Crippen LogP contribution in [0.15, 0.2) is 133 Å². The van der Waals surface area contributed by atoms with E-state index in [0.29, 0.717) is 30.0 Å². The van der Waals surface area contributed by atoms with Gasteiger partial charge in [0.2, 0.25) is 0 Å². The molecule has 4 amide bonds. The van der Waals surface area contributed by atoms with Gasteiger partial charge in [-0.25, -0.2) is 19.6 Å². The van der Waals surface area contributed by atoms with Gasteiger partial charge in [0.1, 0.15) is 23.7 Å². The van der Waals surface area contributed by atoms with Gasteiger partial charge in [-0.3, -0.25) is 9.59 Å². The Hall–Kier alpha value is -8.00. The number of ether oxygens (including phenoxy) is 2. The number of methoxy groups -OCH3 is 2. The summed E-state index contributed by atoms with van der Waals surface area (Å²) in [6.45, 7) is 1.10. The van der Waals surface area contributed by atoms with E-state index in [1.54, 1.807) is 4.90 Å². The highest BCUT2D eigenvalue weighted by molar-refractivity contribution is 6.05. The predicted octanol–water partition coefficient (Wildman–Crippen LogP) is 9.45. The molecule has 10 rings (SSSR count). The van der Waals surface area contributed by atoms with Gasteiger partial charge in [-0.1, -0.05) is 109 Å². The molecule has 0 spiro atoms. The lowest BCUT2D eigenvalue weighted by Gasteiger charge is -2.28. The number of amides is 4. The summed E-state index contributed by atoms with van der Waals surface area (Å²) in [6.07, 6.45) is 1.78. The molecule has 4 heterocycles. The maximum absolute atomic E-state index is 14.1. The molecule has 14 heteroatoms. The summed E-state index contributed by atoms with van der Waals surface area (Å²) in [6, 6.07) is 41.3. The van der Waals surface area contributed by atoms with E-state index < -0.39 is 24.3 Å². The maximum Gasteiger partial charge on any atom is 0.407 e. The molecule has 2 aromatic heterocycles. The first kappa shape index (κ1) is 42.0. The number of aromatic nitrogens is 4. The molecule has 4 atom stereocenters. The topological polar surface area (TPSA) is 175 Å². The van der Waals surface area contributed by atoms with Crippen molar-refractivity contribution in [2.75, 3.05) is 27.3 Å². The van der Waals surface area contributed by atoms with Gasteiger partial charge in [-0.05, 0) is 88.7 Å². The molecule has 2 saturated heterocycles. The Labute approximate surface area is 380 Å². The highest BCUT2D eigenvalue weighted by atomic mass is 16.5. The highest BCUT2D eigenvalue weighted by Gasteiger charge is 2.39. The first-order chi connectivity index (χ1) is 32.3. The lowest BCUT2D eigenvalue weighted by atomic mass is 9.98. The van der Waals surface area contributed by atoms with Crippen molar-refractivity contribution >= 4 is 56.8 Å². The molecule has 0 saturated carbocycles. The minimum Gasteiger partial charge on any atom is -0.453 e. The van der Waals surface area contributed by atoms with E-state index in [0.717, 1.165) is 86.6 Å². The van der Waals surface area contributed by atoms with Gasteiger partial charge in [0.25, 0.3) is 11.8 Å². The number of rotatable bonds is 10. The average molecular weight is 881 g/mol. The zero-order valence-corrected chi connectivity index (χ0v) is 36.5. The number of fused-ring (bicyclic) bond motifs is 4. The van der Waals surface area contributed by atoms with Crippen LogP contribution in [0, 0.1) is 0 Å². The van der Waals surface area contributed by atoms with E-state index in [1.807, 2.05) is 77.7 Å². The van der Waals surface area contributed by atoms with Crippen molar-refractivity contribution in [1.29, 1.82) is 0 Å². The molecule has 2 aliphatic heterocycles. The van der Waals surface area contributed by atoms with Crippen LogP contribution >= 0.6 is 0 Å². The third kappa shape index (κ3) is 8.06. The van der Waals surface area contributed by atoms with Gasteiger partial charge in [-0.2, -0.15) is 0 Å². The molecule has 0 unspecified atom stereocenters. The number of nitrogens with one attached hydrogen (secondary N) is 4. The Morgan fingerprint density at radius 2 is 1.08 bits per heavy atom. The predicted molar refractivity (Wildman–Crippen MR) is 251 cm³/mol. The number of nitrogens with zero attached hydrogens (tertiary/aromatic N) is 4. The van der Waals surface area contributed by atoms with Gasteiger partial charge >= 0.3 is 12.2 Å². The summed E-state index contributed by atoms with van der Waals surface area (Å²) in [5, 5.41) is 7.52. The van der Waals surface area contributed by atoms with E-state index in [9.17, 15) is 19.2 Å². The fourth-order valence-electron chi connectivity index (χ4n) is 9.56. The third-order valence-electron chi connectivity index (χ3n) is 12.9. The number of carbonyl (C=O) groups excluding carboxylic acids is 4. The minimum atomic E-state index is -0.890. The average Bonchev–Trinajstić information content (AvgIpc) is 4.21. The number of H-pyrrole nitrogens is 2. The SMILES string of the molecule is COC(=O)N[C@H](C(=O)N1CCC[C@H]1c1nc2ccc(-c3ccc(-c4ccc5c(ccc6[nH]c([C@@H]7CCCN7C(=O)[C@@H](NC(=O)OC)c7ccccc7)nc65)c4)cc3)cc2[nH]1)c1ccccc1. The van der Waals surface area contributed by atoms with Crippen LogP contribution in [-0.2, 0) is 19.1 Å². The van der Waals surface area contributed by atoms with E-state index >= 15 is 0 Å². The summed E-state index contributed by atoms with van der Waals surface area (Å²) in [5.74, 6) is 1.01. The van der Waals surface area contributed by atoms with Gasteiger partial charge in [-0.15, -0.1) is 0 Å². The second-order valence-electron chi connectivity index (χ2n) is 16.8. The highest BCUT2D eigenvalue weighted by Crippen LogP contribution is 2.38. The zero-order chi connectivity index (χ0) is 45.3. The number of hydrogen-bond acceptors (Lipinski definition) is 8. The second-order valence-corrected chi connectivity index (χ2v) is 16.8. The number of hydrogen-bond donors (Lipinski definition) is 4. The largest absolute Gasteiger partial charge is 0.453 e. The minimum absolute atomic E-state index is 0.210. The molecule has 4 N–H and O–H groups in total. The standard InChI is InChI=1S/C52H48N8O6/c1-65-51(63)57-44(33-11-5-3-6-12-33)49(61)59-27-9-15-42(59)47-53-39-25-22-36(30-41(39)55-47)32-19-17-31(18-20-32)35-21-24-38-37(29-35)23-26-40-46(38)56-48(54-40)43-16-10-28-60(43)50(62)45(58-52(64)66-2)34-13-7-4-8-14-34/h3-8,11-14,17-26,29-30,42-45H,9-10,15-16,27-28H2,1-2H3,(H,53,55)(H,54,56)(H,57,63)(H,58,64)/t42-,43-,44-,45-/m0/s1. The smallest absolute Gasteiger partial charge is 0.407 e. The van der Waals surface area contributed by atoms with Crippen molar-refractivity contribution in [2.45, 2.75) is 49.9 Å². The Bertz CT molecular complexity index is 3100. The van der Waals surface area contributed by atoms with Crippen LogP contribution in [0.2, 0.25) is 0 Å². The van der Waals surface area contributed by atoms with Crippen molar-refractivity contribution in [2.24, 2.45) is 0 Å². The summed E-state index contributed by atoms with van der Waals surface area (Å²) in [4.78, 5) is 73.4. The van der Waals surface area contributed by atoms with E-state index in [1.165, 1.54) is 14.2 Å². The van der Waals surface area contributed by atoms with Crippen LogP contribution in [0.4, 0.5) is 9.59 Å². The van der Waals surface area contributed by atoms with Gasteiger partial charge in [0.15, 0.2) is 0 Å². The van der Waals surface area contributed by atoms with Crippen molar-refractivity contribution in [1.82, 2.24) is 40.4 Å². The Balaban J connectivity index is 0.859. The van der Waals surface area contributed by atoms with Crippen LogP contribution in [0.25, 0.3) is 55.1 Å². The van der Waals surface area contributed by atoms with Crippen molar-refractivity contribution in [3.63, 3.8) is 0 Å². The summed E-state index contributed by atoms with van der Waals surface area (Å²) < 4.78 is 9.72. The van der Waals surface area contributed by atoms with E-state index in [-0.39, 0.29) is 23.9 Å². The molecule has 0 aliphatic carbocycles. The number of benzene rings is 6. The zero-order valence-electron chi connectivity index (χ0n) is 36.5. The molecule has 6 aromatic carbocycles. The monoisotopic (exact) mass is 880 g/mol. The maximum atomic E-state index is 14.1. The van der Waals surface area contributed by atoms with Crippen molar-refractivity contribution in [3.05, 3.63) is 156 Å². The van der Waals surface area contributed by atoms with Crippen LogP contribution in [0.5, 0.6) is 0 Å². The lowest BCUT2D eigenvalue weighted by Crippen LogP contribution is -2.42. The van der Waals surface area contributed by atoms with Crippen LogP contribution in [0.3, 0.4) is 0 Å². The van der Waals surface area contributed by atoms with Crippen molar-refractivity contribution < 1.29 is 28.7 Å². The fraction of sp³-hybridized carbons (Fsp3) is 0.231. The van der Waals surface area contributed by atoms with Gasteiger partial charge in [0.05, 0.1) is 48.4 Å². The molecule has 0 radical (unpaired) electrons. The van der Waals surface area contributed by atoms with Gasteiger partial charge in [0, 0.05) is 18.5 Å². The second kappa shape index (κ2) is 17.9. The summed E-state index contributed by atoms with van der Waals surface area (Å²) >= 11 is 0. The molecule has 8 aromatic rings. The normalized spacial score (nSPS) is 16.9. The molecule has 2 aliphatic rings. The quantitative estimate of drug-likeness (QED) is 0.105. The van der Waals surface area contributed by atoms with Crippen LogP contribution < -0.4 is 10.6 Å². The molecular formula is C52H48N8O6. The lowest BCUT2D eigenvalue weighted by molar-refractivity contribution is -0.135. The fourth-order valence-corrected chi connectivity index (χ4v) is 9.56. The van der Waals surface area contributed by atoms with Gasteiger partial charge < -0.3 is 39.9 Å². The number of imidazole rings is 2. The Morgan fingerprint density at radius 1 is 0.576 bits per heavy atom. The molecule has 14 nitrogen and oxygen atoms in total. The van der Waals surface area contributed by atoms with Crippen LogP contribution in [0.1, 0.15) is 72.6 Å². The Morgan fingerprint density at radius 3 is 1.64 bits per heavy atom. The first-order valence-electron chi connectivity index (χ1n) is 22.2. The number of aromatic amines is 2. The van der Waals surface area contributed by atoms with Crippen molar-refractivity contribution in [3.8, 4) is 22.3 Å². The summed E-state index contributed by atoms with van der Waals surface area (Å²) in [7, 11) is 2.57. The van der Waals surface area contributed by atoms with E-state index in [2.05, 4.69) is 81.3 Å². The van der Waals surface area contributed by atoms with E-state index in [4.69, 9.17) is 19.4 Å². The molecule has 2 fully saturated rings. The first-order valence-corrected chi connectivity index (χ1v) is 22.2. The molecule has 66 heavy (non-hydrogen) atoms. The molecule has 0 bridgehead atoms. The number of alkyl carbamates (subject to hydrolysis) is 2. The Kier molecular flexibility index (Phi) is 11.4.